The van der Waals surface area contributed by atoms with Crippen LogP contribution in [0, 0.1) is 3.57 Å². The summed E-state index contributed by atoms with van der Waals surface area (Å²) in [5.74, 6) is 0.911. The average Bonchev–Trinajstić information content (AvgIpc) is 2.63. The number of anilines is 1. The Labute approximate surface area is 110 Å². The van der Waals surface area contributed by atoms with Gasteiger partial charge in [0, 0.05) is 9.26 Å². The van der Waals surface area contributed by atoms with Crippen molar-refractivity contribution in [1.29, 1.82) is 0 Å². The summed E-state index contributed by atoms with van der Waals surface area (Å²) in [5.41, 5.74) is 1.10. The zero-order valence-electron chi connectivity index (χ0n) is 7.84. The molecule has 4 heteroatoms. The van der Waals surface area contributed by atoms with Crippen LogP contribution in [0.25, 0.3) is 0 Å². The molecule has 1 heterocycles. The summed E-state index contributed by atoms with van der Waals surface area (Å²) in [6.07, 6.45) is 1.68. The van der Waals surface area contributed by atoms with E-state index in [1.54, 1.807) is 6.26 Å². The third kappa shape index (κ3) is 2.98. The van der Waals surface area contributed by atoms with Crippen LogP contribution in [0.2, 0.25) is 0 Å². The highest BCUT2D eigenvalue weighted by molar-refractivity contribution is 14.1. The zero-order valence-corrected chi connectivity index (χ0v) is 11.6. The predicted molar refractivity (Wildman–Crippen MR) is 72.9 cm³/mol. The second-order valence-corrected chi connectivity index (χ2v) is 5.15. The van der Waals surface area contributed by atoms with Crippen molar-refractivity contribution in [3.63, 3.8) is 0 Å². The first kappa shape index (κ1) is 11.0. The molecule has 0 saturated heterocycles. The van der Waals surface area contributed by atoms with Gasteiger partial charge in [0.25, 0.3) is 0 Å². The molecule has 0 radical (unpaired) electrons. The first-order valence-corrected chi connectivity index (χ1v) is 6.34. The Morgan fingerprint density at radius 2 is 1.93 bits per heavy atom. The van der Waals surface area contributed by atoms with Gasteiger partial charge < -0.3 is 9.73 Å². The van der Waals surface area contributed by atoms with E-state index >= 15 is 0 Å². The maximum Gasteiger partial charge on any atom is 0.136 e. The molecule has 2 aromatic rings. The van der Waals surface area contributed by atoms with Gasteiger partial charge in [-0.25, -0.2) is 0 Å². The van der Waals surface area contributed by atoms with Gasteiger partial charge in [-0.1, -0.05) is 0 Å². The Kier molecular flexibility index (Phi) is 3.69. The Balaban J connectivity index is 1.99. The van der Waals surface area contributed by atoms with E-state index in [9.17, 15) is 0 Å². The van der Waals surface area contributed by atoms with E-state index < -0.39 is 0 Å². The van der Waals surface area contributed by atoms with E-state index in [1.165, 1.54) is 3.57 Å². The van der Waals surface area contributed by atoms with E-state index in [2.05, 4.69) is 68.1 Å². The summed E-state index contributed by atoms with van der Waals surface area (Å²) in [6.45, 7) is 0.689. The van der Waals surface area contributed by atoms with Crippen LogP contribution in [0.5, 0.6) is 0 Å². The smallest absolute Gasteiger partial charge is 0.136 e. The van der Waals surface area contributed by atoms with E-state index in [1.807, 2.05) is 6.07 Å². The highest BCUT2D eigenvalue weighted by Crippen LogP contribution is 2.19. The van der Waals surface area contributed by atoms with Gasteiger partial charge in [0.05, 0.1) is 17.3 Å². The average molecular weight is 378 g/mol. The van der Waals surface area contributed by atoms with Gasteiger partial charge in [-0.05, 0) is 68.9 Å². The summed E-state index contributed by atoms with van der Waals surface area (Å²) in [7, 11) is 0. The Morgan fingerprint density at radius 3 is 2.53 bits per heavy atom. The lowest BCUT2D eigenvalue weighted by atomic mass is 10.3. The standard InChI is InChI=1S/C11H9BrINO/c12-10-5-6-15-11(10)7-14-9-3-1-8(13)2-4-9/h1-6,14H,7H2. The lowest BCUT2D eigenvalue weighted by Gasteiger charge is -2.04. The zero-order chi connectivity index (χ0) is 10.7. The minimum atomic E-state index is 0.689. The van der Waals surface area contributed by atoms with Crippen LogP contribution in [0.4, 0.5) is 5.69 Å². The molecule has 1 aromatic heterocycles. The highest BCUT2D eigenvalue weighted by Gasteiger charge is 2.02. The van der Waals surface area contributed by atoms with Crippen molar-refractivity contribution in [3.05, 3.63) is 50.4 Å². The topological polar surface area (TPSA) is 25.2 Å². The van der Waals surface area contributed by atoms with Gasteiger partial charge in [-0.3, -0.25) is 0 Å². The minimum Gasteiger partial charge on any atom is -0.466 e. The van der Waals surface area contributed by atoms with Crippen molar-refractivity contribution >= 4 is 44.2 Å². The monoisotopic (exact) mass is 377 g/mol. The lowest BCUT2D eigenvalue weighted by molar-refractivity contribution is 0.516. The quantitative estimate of drug-likeness (QED) is 0.808. The maximum absolute atomic E-state index is 5.30. The van der Waals surface area contributed by atoms with Crippen LogP contribution in [0.15, 0.2) is 45.5 Å². The number of hydrogen-bond acceptors (Lipinski definition) is 2. The van der Waals surface area contributed by atoms with Crippen molar-refractivity contribution in [1.82, 2.24) is 0 Å². The van der Waals surface area contributed by atoms with Crippen LogP contribution in [0.1, 0.15) is 5.76 Å². The number of halogens is 2. The summed E-state index contributed by atoms with van der Waals surface area (Å²) >= 11 is 5.70. The molecule has 1 aromatic carbocycles. The number of benzene rings is 1. The van der Waals surface area contributed by atoms with Crippen molar-refractivity contribution in [2.24, 2.45) is 0 Å². The molecule has 1 N–H and O–H groups in total. The fourth-order valence-corrected chi connectivity index (χ4v) is 1.90. The first-order chi connectivity index (χ1) is 7.25. The molecule has 0 fully saturated rings. The predicted octanol–water partition coefficient (Wildman–Crippen LogP) is 4.26. The van der Waals surface area contributed by atoms with Gasteiger partial charge >= 0.3 is 0 Å². The molecule has 0 aliphatic rings. The van der Waals surface area contributed by atoms with Gasteiger partial charge in [0.1, 0.15) is 5.76 Å². The molecule has 0 saturated carbocycles. The number of nitrogens with one attached hydrogen (secondary N) is 1. The highest BCUT2D eigenvalue weighted by atomic mass is 127. The van der Waals surface area contributed by atoms with Crippen LogP contribution in [0.3, 0.4) is 0 Å². The molecule has 2 nitrogen and oxygen atoms in total. The SMILES string of the molecule is Brc1ccoc1CNc1ccc(I)cc1. The van der Waals surface area contributed by atoms with Crippen LogP contribution >= 0.6 is 38.5 Å². The Morgan fingerprint density at radius 1 is 1.20 bits per heavy atom. The van der Waals surface area contributed by atoms with E-state index in [0.717, 1.165) is 15.9 Å². The largest absolute Gasteiger partial charge is 0.466 e. The van der Waals surface area contributed by atoms with Gasteiger partial charge in [-0.15, -0.1) is 0 Å². The lowest BCUT2D eigenvalue weighted by Crippen LogP contribution is -1.98. The fraction of sp³-hybridized carbons (Fsp3) is 0.0909. The van der Waals surface area contributed by atoms with Crippen molar-refractivity contribution < 1.29 is 4.42 Å². The minimum absolute atomic E-state index is 0.689. The third-order valence-corrected chi connectivity index (χ3v) is 3.41. The number of hydrogen-bond donors (Lipinski definition) is 1. The Hall–Kier alpha value is -0.490. The van der Waals surface area contributed by atoms with Crippen LogP contribution in [-0.4, -0.2) is 0 Å². The van der Waals surface area contributed by atoms with Crippen LogP contribution < -0.4 is 5.32 Å². The molecule has 0 atom stereocenters. The first-order valence-electron chi connectivity index (χ1n) is 4.47. The third-order valence-electron chi connectivity index (χ3n) is 1.99. The maximum atomic E-state index is 5.30. The van der Waals surface area contributed by atoms with E-state index in [-0.39, 0.29) is 0 Å². The van der Waals surface area contributed by atoms with Crippen LogP contribution in [-0.2, 0) is 6.54 Å². The second-order valence-electron chi connectivity index (χ2n) is 3.05. The molecule has 2 rings (SSSR count). The molecular formula is C11H9BrINO. The van der Waals surface area contributed by atoms with Gasteiger partial charge in [0.15, 0.2) is 0 Å². The molecule has 0 aliphatic carbocycles. The summed E-state index contributed by atoms with van der Waals surface area (Å²) < 4.78 is 7.53. The molecular weight excluding hydrogens is 369 g/mol. The second kappa shape index (κ2) is 5.03. The van der Waals surface area contributed by atoms with E-state index in [0.29, 0.717) is 6.54 Å². The molecule has 0 unspecified atom stereocenters. The molecule has 0 aliphatic heterocycles. The summed E-state index contributed by atoms with van der Waals surface area (Å²) in [5, 5.41) is 3.29. The van der Waals surface area contributed by atoms with Crippen molar-refractivity contribution in [3.8, 4) is 0 Å². The normalized spacial score (nSPS) is 10.3. The molecule has 0 amide bonds. The molecule has 0 spiro atoms. The summed E-state index contributed by atoms with van der Waals surface area (Å²) in [4.78, 5) is 0. The van der Waals surface area contributed by atoms with Gasteiger partial charge in [0.2, 0.25) is 0 Å². The molecule has 0 bridgehead atoms. The Bertz CT molecular complexity index is 438. The van der Waals surface area contributed by atoms with Crippen molar-refractivity contribution in [2.75, 3.05) is 5.32 Å². The van der Waals surface area contributed by atoms with Gasteiger partial charge in [-0.2, -0.15) is 0 Å². The summed E-state index contributed by atoms with van der Waals surface area (Å²) in [6, 6.07) is 10.1. The number of rotatable bonds is 3. The molecule has 78 valence electrons. The molecule has 15 heavy (non-hydrogen) atoms. The number of furan rings is 1. The van der Waals surface area contributed by atoms with E-state index in [4.69, 9.17) is 4.42 Å². The fourth-order valence-electron chi connectivity index (χ4n) is 1.20. The van der Waals surface area contributed by atoms with Crippen molar-refractivity contribution in [2.45, 2.75) is 6.54 Å².